The maximum Gasteiger partial charge on any atom is 0.0541 e. The molecule has 0 amide bonds. The Balaban J connectivity index is 0.952. The number of thiophene rings is 2. The molecule has 13 aromatic rings. The predicted octanol–water partition coefficient (Wildman–Crippen LogP) is 16.0. The second-order valence-electron chi connectivity index (χ2n) is 15.3. The van der Waals surface area contributed by atoms with Crippen LogP contribution in [-0.2, 0) is 0 Å². The van der Waals surface area contributed by atoms with Crippen LogP contribution in [0.25, 0.3) is 118 Å². The van der Waals surface area contributed by atoms with Crippen LogP contribution in [0.2, 0.25) is 0 Å². The summed E-state index contributed by atoms with van der Waals surface area (Å²) in [6.45, 7) is 0. The zero-order valence-corrected chi connectivity index (χ0v) is 32.8. The van der Waals surface area contributed by atoms with E-state index >= 15 is 0 Å². The van der Waals surface area contributed by atoms with Gasteiger partial charge < -0.3 is 9.13 Å². The van der Waals surface area contributed by atoms with Gasteiger partial charge in [0.05, 0.1) is 22.1 Å². The van der Waals surface area contributed by atoms with Crippen molar-refractivity contribution in [1.82, 2.24) is 9.13 Å². The van der Waals surface area contributed by atoms with Crippen molar-refractivity contribution in [3.8, 4) is 33.6 Å². The third-order valence-electron chi connectivity index (χ3n) is 12.1. The fourth-order valence-corrected chi connectivity index (χ4v) is 11.8. The highest BCUT2D eigenvalue weighted by Gasteiger charge is 2.18. The first-order chi connectivity index (χ1) is 28.7. The van der Waals surface area contributed by atoms with Gasteiger partial charge >= 0.3 is 0 Å². The number of para-hydroxylation sites is 2. The molecule has 4 aromatic heterocycles. The number of rotatable bonds is 4. The lowest BCUT2D eigenvalue weighted by Crippen LogP contribution is -1.94. The van der Waals surface area contributed by atoms with Crippen LogP contribution in [-0.4, -0.2) is 9.13 Å². The van der Waals surface area contributed by atoms with Gasteiger partial charge in [0, 0.05) is 73.3 Å². The van der Waals surface area contributed by atoms with Crippen molar-refractivity contribution in [2.45, 2.75) is 0 Å². The lowest BCUT2D eigenvalue weighted by atomic mass is 10.0. The van der Waals surface area contributed by atoms with Gasteiger partial charge in [-0.15, -0.1) is 22.7 Å². The molecule has 4 heteroatoms. The quantitative estimate of drug-likeness (QED) is 0.169. The van der Waals surface area contributed by atoms with Crippen molar-refractivity contribution in [3.05, 3.63) is 194 Å². The lowest BCUT2D eigenvalue weighted by Gasteiger charge is -2.11. The molecule has 0 atom stereocenters. The molecule has 0 aliphatic rings. The summed E-state index contributed by atoms with van der Waals surface area (Å²) in [6.07, 6.45) is 0. The fraction of sp³-hybridized carbons (Fsp3) is 0. The Labute approximate surface area is 341 Å². The first-order valence-corrected chi connectivity index (χ1v) is 21.4. The summed E-state index contributed by atoms with van der Waals surface area (Å²) in [5.74, 6) is 0. The highest BCUT2D eigenvalue weighted by molar-refractivity contribution is 7.26. The predicted molar refractivity (Wildman–Crippen MR) is 252 cm³/mol. The standard InChI is InChI=1S/C54H32N2S2/c1-5-19-47-39(13-1)44-30-33(23-26-49(44)55(47)36-12-9-11-35(29-36)38-17-10-18-43-41-15-3-8-22-52(41)58-54(38)43)34-24-27-50-45(31-34)40-14-2-6-20-48(40)56(50)37-25-28-53-46(32-37)42-16-4-7-21-51(42)57-53/h1-32H. The van der Waals surface area contributed by atoms with Crippen LogP contribution < -0.4 is 0 Å². The minimum Gasteiger partial charge on any atom is -0.309 e. The Hall–Kier alpha value is -6.98. The first kappa shape index (κ1) is 32.1. The Morgan fingerprint density at radius 1 is 0.276 bits per heavy atom. The van der Waals surface area contributed by atoms with E-state index in [1.807, 2.05) is 22.7 Å². The van der Waals surface area contributed by atoms with Crippen molar-refractivity contribution in [1.29, 1.82) is 0 Å². The zero-order chi connectivity index (χ0) is 37.9. The van der Waals surface area contributed by atoms with E-state index in [2.05, 4.69) is 203 Å². The molecular weight excluding hydrogens is 741 g/mol. The zero-order valence-electron chi connectivity index (χ0n) is 31.2. The van der Waals surface area contributed by atoms with Crippen LogP contribution in [0.1, 0.15) is 0 Å². The average molecular weight is 773 g/mol. The van der Waals surface area contributed by atoms with Gasteiger partial charge in [-0.2, -0.15) is 0 Å². The van der Waals surface area contributed by atoms with Gasteiger partial charge in [0.2, 0.25) is 0 Å². The molecule has 0 saturated carbocycles. The molecule has 0 radical (unpaired) electrons. The normalized spacial score (nSPS) is 12.1. The lowest BCUT2D eigenvalue weighted by molar-refractivity contribution is 1.18. The van der Waals surface area contributed by atoms with Crippen LogP contribution in [0.15, 0.2) is 194 Å². The topological polar surface area (TPSA) is 9.86 Å². The van der Waals surface area contributed by atoms with Gasteiger partial charge in [0.25, 0.3) is 0 Å². The van der Waals surface area contributed by atoms with Crippen molar-refractivity contribution >= 4 is 107 Å². The Morgan fingerprint density at radius 2 is 0.793 bits per heavy atom. The van der Waals surface area contributed by atoms with E-state index in [1.54, 1.807) is 0 Å². The monoisotopic (exact) mass is 772 g/mol. The van der Waals surface area contributed by atoms with E-state index in [9.17, 15) is 0 Å². The van der Waals surface area contributed by atoms with E-state index in [0.717, 1.165) is 5.69 Å². The summed E-state index contributed by atoms with van der Waals surface area (Å²) in [4.78, 5) is 0. The Kier molecular flexibility index (Phi) is 6.79. The van der Waals surface area contributed by atoms with Gasteiger partial charge in [-0.1, -0.05) is 115 Å². The van der Waals surface area contributed by atoms with Crippen LogP contribution in [0.4, 0.5) is 0 Å². The second kappa shape index (κ2) is 12.3. The molecule has 58 heavy (non-hydrogen) atoms. The van der Waals surface area contributed by atoms with Gasteiger partial charge in [0.1, 0.15) is 0 Å². The maximum absolute atomic E-state index is 2.44. The molecule has 13 rings (SSSR count). The number of aromatic nitrogens is 2. The number of hydrogen-bond donors (Lipinski definition) is 0. The summed E-state index contributed by atoms with van der Waals surface area (Å²) in [5, 5.41) is 10.3. The molecule has 0 N–H and O–H groups in total. The molecule has 0 aliphatic carbocycles. The van der Waals surface area contributed by atoms with Crippen LogP contribution in [0.3, 0.4) is 0 Å². The molecule has 0 fully saturated rings. The summed E-state index contributed by atoms with van der Waals surface area (Å²) in [6, 6.07) is 71.9. The van der Waals surface area contributed by atoms with Crippen LogP contribution in [0.5, 0.6) is 0 Å². The van der Waals surface area contributed by atoms with Gasteiger partial charge in [-0.05, 0) is 101 Å². The third kappa shape index (κ3) is 4.64. The SMILES string of the molecule is c1cc(-c2cccc3c2sc2ccccc23)cc(-n2c3ccccc3c3cc(-c4ccc5c(c4)c4ccccc4n5-c4ccc5sc6ccccc6c5c4)ccc32)c1. The van der Waals surface area contributed by atoms with Crippen molar-refractivity contribution < 1.29 is 0 Å². The molecule has 0 unspecified atom stereocenters. The molecule has 9 aromatic carbocycles. The average Bonchev–Trinajstić information content (AvgIpc) is 4.03. The van der Waals surface area contributed by atoms with Crippen LogP contribution >= 0.6 is 22.7 Å². The van der Waals surface area contributed by atoms with E-state index in [0.29, 0.717) is 0 Å². The molecule has 0 saturated heterocycles. The third-order valence-corrected chi connectivity index (χ3v) is 14.5. The van der Waals surface area contributed by atoms with Gasteiger partial charge in [0.15, 0.2) is 0 Å². The molecule has 0 spiro atoms. The largest absolute Gasteiger partial charge is 0.309 e. The van der Waals surface area contributed by atoms with Crippen molar-refractivity contribution in [2.24, 2.45) is 0 Å². The van der Waals surface area contributed by atoms with Gasteiger partial charge in [-0.25, -0.2) is 0 Å². The highest BCUT2D eigenvalue weighted by atomic mass is 32.1. The van der Waals surface area contributed by atoms with Crippen molar-refractivity contribution in [3.63, 3.8) is 0 Å². The maximum atomic E-state index is 2.44. The highest BCUT2D eigenvalue weighted by Crippen LogP contribution is 2.43. The van der Waals surface area contributed by atoms with Crippen LogP contribution in [0, 0.1) is 0 Å². The summed E-state index contributed by atoms with van der Waals surface area (Å²) in [7, 11) is 0. The first-order valence-electron chi connectivity index (χ1n) is 19.7. The number of benzene rings is 9. The Bertz CT molecular complexity index is 3820. The fourth-order valence-electron chi connectivity index (χ4n) is 9.50. The van der Waals surface area contributed by atoms with E-state index in [1.165, 1.54) is 112 Å². The molecule has 4 heterocycles. The molecule has 2 nitrogen and oxygen atoms in total. The molecular formula is C54H32N2S2. The van der Waals surface area contributed by atoms with E-state index in [4.69, 9.17) is 0 Å². The van der Waals surface area contributed by atoms with E-state index in [-0.39, 0.29) is 0 Å². The summed E-state index contributed by atoms with van der Waals surface area (Å²) in [5.41, 5.74) is 12.1. The molecule has 0 aliphatic heterocycles. The van der Waals surface area contributed by atoms with Crippen molar-refractivity contribution in [2.75, 3.05) is 0 Å². The minimum absolute atomic E-state index is 1.16. The number of nitrogens with zero attached hydrogens (tertiary/aromatic N) is 2. The second-order valence-corrected chi connectivity index (χ2v) is 17.4. The minimum atomic E-state index is 1.16. The van der Waals surface area contributed by atoms with Gasteiger partial charge in [-0.3, -0.25) is 0 Å². The summed E-state index contributed by atoms with van der Waals surface area (Å²) >= 11 is 3.75. The smallest absolute Gasteiger partial charge is 0.0541 e. The molecule has 0 bridgehead atoms. The molecule has 270 valence electrons. The number of hydrogen-bond acceptors (Lipinski definition) is 2. The summed E-state index contributed by atoms with van der Waals surface area (Å²) < 4.78 is 10.2. The number of fused-ring (bicyclic) bond motifs is 12. The van der Waals surface area contributed by atoms with E-state index < -0.39 is 0 Å². The Morgan fingerprint density at radius 3 is 1.48 bits per heavy atom.